The van der Waals surface area contributed by atoms with Gasteiger partial charge in [-0.05, 0) is 42.0 Å². The number of nitrogens with zero attached hydrogens (tertiary/aromatic N) is 2. The predicted molar refractivity (Wildman–Crippen MR) is 93.5 cm³/mol. The number of amides is 2. The van der Waals surface area contributed by atoms with Gasteiger partial charge in [0.15, 0.2) is 0 Å². The van der Waals surface area contributed by atoms with Crippen molar-refractivity contribution in [3.8, 4) is 5.75 Å². The summed E-state index contributed by atoms with van der Waals surface area (Å²) in [5.41, 5.74) is 6.79. The molecule has 1 saturated heterocycles. The van der Waals surface area contributed by atoms with E-state index >= 15 is 0 Å². The van der Waals surface area contributed by atoms with Crippen molar-refractivity contribution in [3.05, 3.63) is 64.2 Å². The lowest BCUT2D eigenvalue weighted by atomic mass is 10.1. The first-order valence-corrected chi connectivity index (χ1v) is 8.00. The molecule has 2 N–H and O–H groups in total. The van der Waals surface area contributed by atoms with E-state index in [1.54, 1.807) is 36.4 Å². The number of benzene rings is 2. The van der Waals surface area contributed by atoms with E-state index in [0.29, 0.717) is 11.4 Å². The van der Waals surface area contributed by atoms with Crippen molar-refractivity contribution in [2.45, 2.75) is 13.0 Å². The number of primary amides is 1. The van der Waals surface area contributed by atoms with Crippen molar-refractivity contribution < 1.29 is 19.2 Å². The van der Waals surface area contributed by atoms with Gasteiger partial charge in [0.05, 0.1) is 10.8 Å². The van der Waals surface area contributed by atoms with Crippen molar-refractivity contribution >= 4 is 23.2 Å². The molecule has 134 valence electrons. The summed E-state index contributed by atoms with van der Waals surface area (Å²) >= 11 is 0. The fraction of sp³-hybridized carbons (Fsp3) is 0.222. The minimum absolute atomic E-state index is 0.0302. The summed E-state index contributed by atoms with van der Waals surface area (Å²) in [7, 11) is 0. The van der Waals surface area contributed by atoms with Gasteiger partial charge in [-0.1, -0.05) is 0 Å². The fourth-order valence-electron chi connectivity index (χ4n) is 2.75. The molecule has 2 aromatic rings. The molecule has 0 bridgehead atoms. The van der Waals surface area contributed by atoms with Crippen LogP contribution in [0.1, 0.15) is 12.0 Å². The largest absolute Gasteiger partial charge is 0.489 e. The Kier molecular flexibility index (Phi) is 4.83. The van der Waals surface area contributed by atoms with Crippen LogP contribution < -0.4 is 15.4 Å². The van der Waals surface area contributed by atoms with Gasteiger partial charge in [0.1, 0.15) is 12.4 Å². The highest BCUT2D eigenvalue weighted by molar-refractivity contribution is 6.00. The maximum Gasteiger partial charge on any atom is 0.269 e. The first-order valence-electron chi connectivity index (χ1n) is 8.00. The van der Waals surface area contributed by atoms with Gasteiger partial charge >= 0.3 is 0 Å². The molecular weight excluding hydrogens is 338 g/mol. The lowest BCUT2D eigenvalue weighted by molar-refractivity contribution is -0.384. The average Bonchev–Trinajstić information content (AvgIpc) is 3.03. The van der Waals surface area contributed by atoms with Crippen LogP contribution in [0.25, 0.3) is 0 Å². The molecule has 2 amide bonds. The monoisotopic (exact) mass is 355 g/mol. The average molecular weight is 355 g/mol. The molecule has 1 heterocycles. The first-order chi connectivity index (χ1) is 12.4. The summed E-state index contributed by atoms with van der Waals surface area (Å²) in [6, 6.07) is 13.1. The molecule has 0 spiro atoms. The first kappa shape index (κ1) is 17.4. The molecule has 1 fully saturated rings. The molecule has 2 aromatic carbocycles. The number of nitro groups is 1. The highest BCUT2D eigenvalue weighted by Gasteiger charge is 2.33. The number of hydrogen-bond donors (Lipinski definition) is 1. The number of nitrogens with two attached hydrogens (primary N) is 1. The maximum atomic E-state index is 12.0. The lowest BCUT2D eigenvalue weighted by Gasteiger charge is -2.16. The highest BCUT2D eigenvalue weighted by atomic mass is 16.6. The third-order valence-corrected chi connectivity index (χ3v) is 4.23. The van der Waals surface area contributed by atoms with Crippen LogP contribution in [0, 0.1) is 16.0 Å². The zero-order valence-corrected chi connectivity index (χ0v) is 13.8. The zero-order valence-electron chi connectivity index (χ0n) is 13.8. The predicted octanol–water partition coefficient (Wildman–Crippen LogP) is 2.01. The number of ether oxygens (including phenoxy) is 1. The Bertz CT molecular complexity index is 833. The molecular formula is C18H17N3O5. The van der Waals surface area contributed by atoms with Crippen molar-refractivity contribution in [1.29, 1.82) is 0 Å². The zero-order chi connectivity index (χ0) is 18.7. The second-order valence-corrected chi connectivity index (χ2v) is 6.01. The van der Waals surface area contributed by atoms with Crippen molar-refractivity contribution in [2.24, 2.45) is 11.7 Å². The topological polar surface area (TPSA) is 116 Å². The van der Waals surface area contributed by atoms with Crippen LogP contribution in [-0.4, -0.2) is 23.3 Å². The molecule has 0 radical (unpaired) electrons. The van der Waals surface area contributed by atoms with Crippen LogP contribution in [0.3, 0.4) is 0 Å². The third kappa shape index (κ3) is 3.80. The Morgan fingerprint density at radius 2 is 1.85 bits per heavy atom. The fourth-order valence-corrected chi connectivity index (χ4v) is 2.75. The summed E-state index contributed by atoms with van der Waals surface area (Å²) < 4.78 is 5.65. The second-order valence-electron chi connectivity index (χ2n) is 6.01. The summed E-state index contributed by atoms with van der Waals surface area (Å²) in [6.45, 7) is 0.556. The molecule has 0 unspecified atom stereocenters. The molecule has 26 heavy (non-hydrogen) atoms. The number of carbonyl (C=O) groups excluding carboxylic acids is 2. The van der Waals surface area contributed by atoms with Crippen LogP contribution >= 0.6 is 0 Å². The van der Waals surface area contributed by atoms with Gasteiger partial charge in [-0.25, -0.2) is 0 Å². The molecule has 0 aliphatic carbocycles. The Morgan fingerprint density at radius 3 is 2.38 bits per heavy atom. The maximum absolute atomic E-state index is 12.0. The number of non-ortho nitro benzene ring substituents is 1. The van der Waals surface area contributed by atoms with Gasteiger partial charge < -0.3 is 15.4 Å². The molecule has 1 aliphatic heterocycles. The second kappa shape index (κ2) is 7.22. The minimum Gasteiger partial charge on any atom is -0.489 e. The standard InChI is InChI=1S/C18H17N3O5/c19-18(23)13-9-17(22)20(10-13)14-5-7-16(8-6-14)26-11-12-1-3-15(4-2-12)21(24)25/h1-8,13H,9-11H2,(H2,19,23)/t13-/m0/s1. The number of hydrogen-bond acceptors (Lipinski definition) is 5. The molecule has 0 aromatic heterocycles. The smallest absolute Gasteiger partial charge is 0.269 e. The molecule has 1 aliphatic rings. The number of nitro benzene ring substituents is 1. The van der Waals surface area contributed by atoms with Gasteiger partial charge in [0.2, 0.25) is 11.8 Å². The van der Waals surface area contributed by atoms with Crippen molar-refractivity contribution in [1.82, 2.24) is 0 Å². The highest BCUT2D eigenvalue weighted by Crippen LogP contribution is 2.27. The van der Waals surface area contributed by atoms with Crippen LogP contribution in [0.2, 0.25) is 0 Å². The normalized spacial score (nSPS) is 16.5. The van der Waals surface area contributed by atoms with Gasteiger partial charge in [-0.2, -0.15) is 0 Å². The Hall–Kier alpha value is -3.42. The van der Waals surface area contributed by atoms with Gasteiger partial charge in [0, 0.05) is 30.8 Å². The number of rotatable bonds is 6. The molecule has 1 atom stereocenters. The summed E-state index contributed by atoms with van der Waals surface area (Å²) in [5, 5.41) is 10.6. The Balaban J connectivity index is 1.60. The van der Waals surface area contributed by atoms with Gasteiger partial charge in [-0.15, -0.1) is 0 Å². The summed E-state index contributed by atoms with van der Waals surface area (Å²) in [6.07, 6.45) is 0.133. The van der Waals surface area contributed by atoms with E-state index < -0.39 is 16.7 Å². The third-order valence-electron chi connectivity index (χ3n) is 4.23. The van der Waals surface area contributed by atoms with E-state index in [0.717, 1.165) is 5.56 Å². The SMILES string of the molecule is NC(=O)[C@H]1CC(=O)N(c2ccc(OCc3ccc([N+](=O)[O-])cc3)cc2)C1. The Morgan fingerprint density at radius 1 is 1.19 bits per heavy atom. The molecule has 3 rings (SSSR count). The summed E-state index contributed by atoms with van der Waals surface area (Å²) in [4.78, 5) is 35.0. The van der Waals surface area contributed by atoms with Crippen LogP contribution in [0.5, 0.6) is 5.75 Å². The molecule has 8 nitrogen and oxygen atoms in total. The van der Waals surface area contributed by atoms with E-state index in [1.165, 1.54) is 17.0 Å². The van der Waals surface area contributed by atoms with Crippen molar-refractivity contribution in [3.63, 3.8) is 0 Å². The van der Waals surface area contributed by atoms with Gasteiger partial charge in [-0.3, -0.25) is 19.7 Å². The van der Waals surface area contributed by atoms with Gasteiger partial charge in [0.25, 0.3) is 5.69 Å². The summed E-state index contributed by atoms with van der Waals surface area (Å²) in [5.74, 6) is -0.456. The van der Waals surface area contributed by atoms with Crippen LogP contribution in [-0.2, 0) is 16.2 Å². The van der Waals surface area contributed by atoms with Crippen LogP contribution in [0.15, 0.2) is 48.5 Å². The van der Waals surface area contributed by atoms with E-state index in [4.69, 9.17) is 10.5 Å². The van der Waals surface area contributed by atoms with Crippen LogP contribution in [0.4, 0.5) is 11.4 Å². The van der Waals surface area contributed by atoms with E-state index in [1.807, 2.05) is 0 Å². The Labute approximate surface area is 149 Å². The molecule has 0 saturated carbocycles. The number of anilines is 1. The minimum atomic E-state index is -0.469. The van der Waals surface area contributed by atoms with E-state index in [-0.39, 0.29) is 31.2 Å². The quantitative estimate of drug-likeness (QED) is 0.628. The van der Waals surface area contributed by atoms with Crippen molar-refractivity contribution in [2.75, 3.05) is 11.4 Å². The number of carbonyl (C=O) groups is 2. The van der Waals surface area contributed by atoms with E-state index in [9.17, 15) is 19.7 Å². The van der Waals surface area contributed by atoms with E-state index in [2.05, 4.69) is 0 Å². The molecule has 8 heteroatoms. The lowest BCUT2D eigenvalue weighted by Crippen LogP contribution is -2.28.